The molecule has 0 aromatic rings. The van der Waals surface area contributed by atoms with Gasteiger partial charge in [-0.25, -0.2) is 0 Å². The minimum Gasteiger partial charge on any atom is -0.359 e. The first-order valence-electron chi connectivity index (χ1n) is 11.2. The highest BCUT2D eigenvalue weighted by atomic mass is 16.1. The van der Waals surface area contributed by atoms with Crippen molar-refractivity contribution < 1.29 is 4.79 Å². The maximum atomic E-state index is 12.5. The Bertz CT molecular complexity index is 434. The van der Waals surface area contributed by atoms with Crippen LogP contribution in [0.2, 0.25) is 0 Å². The van der Waals surface area contributed by atoms with E-state index in [0.717, 1.165) is 19.3 Å². The smallest absolute Gasteiger partial charge is 0.222 e. The Labute approximate surface area is 171 Å². The van der Waals surface area contributed by atoms with Crippen LogP contribution < -0.4 is 5.32 Å². The van der Waals surface area contributed by atoms with Gasteiger partial charge in [-0.15, -0.1) is 0 Å². The fourth-order valence-corrected chi connectivity index (χ4v) is 3.68. The van der Waals surface area contributed by atoms with Gasteiger partial charge < -0.3 is 5.32 Å². The summed E-state index contributed by atoms with van der Waals surface area (Å²) in [6, 6.07) is 0. The Morgan fingerprint density at radius 3 is 1.56 bits per heavy atom. The highest BCUT2D eigenvalue weighted by molar-refractivity contribution is 5.78. The Morgan fingerprint density at radius 2 is 1.15 bits per heavy atom. The summed E-state index contributed by atoms with van der Waals surface area (Å²) in [6.45, 7) is 23.3. The molecule has 0 aromatic carbocycles. The van der Waals surface area contributed by atoms with Crippen LogP contribution in [0.15, 0.2) is 0 Å². The van der Waals surface area contributed by atoms with Crippen molar-refractivity contribution >= 4 is 5.91 Å². The minimum atomic E-state index is 0.142. The SMILES string of the molecule is CNC(=O)C(CCCC(C)(C)CCC(C)(C)C)CC(C)(C)CCC(C)(C)C. The van der Waals surface area contributed by atoms with E-state index in [2.05, 4.69) is 74.6 Å². The van der Waals surface area contributed by atoms with Crippen LogP contribution in [-0.2, 0) is 4.79 Å². The van der Waals surface area contributed by atoms with Gasteiger partial charge in [0.15, 0.2) is 0 Å². The lowest BCUT2D eigenvalue weighted by molar-refractivity contribution is -0.125. The van der Waals surface area contributed by atoms with Gasteiger partial charge in [0.25, 0.3) is 0 Å². The quantitative estimate of drug-likeness (QED) is 0.392. The number of hydrogen-bond donors (Lipinski definition) is 1. The van der Waals surface area contributed by atoms with Gasteiger partial charge >= 0.3 is 0 Å². The number of carbonyl (C=O) groups is 1. The fraction of sp³-hybridized carbons (Fsp3) is 0.960. The monoisotopic (exact) mass is 381 g/mol. The first-order chi connectivity index (χ1) is 12.0. The molecule has 0 aromatic heterocycles. The van der Waals surface area contributed by atoms with E-state index >= 15 is 0 Å². The normalized spacial score (nSPS) is 14.9. The molecule has 27 heavy (non-hydrogen) atoms. The van der Waals surface area contributed by atoms with Gasteiger partial charge in [-0.05, 0) is 66.6 Å². The van der Waals surface area contributed by atoms with Gasteiger partial charge in [-0.3, -0.25) is 4.79 Å². The minimum absolute atomic E-state index is 0.142. The van der Waals surface area contributed by atoms with E-state index in [4.69, 9.17) is 0 Å². The Kier molecular flexibility index (Phi) is 10.1. The molecule has 1 N–H and O–H groups in total. The van der Waals surface area contributed by atoms with Crippen LogP contribution in [0.3, 0.4) is 0 Å². The van der Waals surface area contributed by atoms with Crippen LogP contribution in [0.1, 0.15) is 121 Å². The van der Waals surface area contributed by atoms with Crippen molar-refractivity contribution in [1.29, 1.82) is 0 Å². The highest BCUT2D eigenvalue weighted by Gasteiger charge is 2.29. The van der Waals surface area contributed by atoms with Gasteiger partial charge in [0.1, 0.15) is 0 Å². The average Bonchev–Trinajstić information content (AvgIpc) is 2.48. The van der Waals surface area contributed by atoms with E-state index in [-0.39, 0.29) is 17.2 Å². The van der Waals surface area contributed by atoms with E-state index in [1.165, 1.54) is 32.1 Å². The van der Waals surface area contributed by atoms with Crippen molar-refractivity contribution in [2.24, 2.45) is 27.6 Å². The van der Waals surface area contributed by atoms with Crippen LogP contribution in [0.25, 0.3) is 0 Å². The molecule has 0 heterocycles. The molecular formula is C25H51NO. The molecule has 0 rings (SSSR count). The van der Waals surface area contributed by atoms with E-state index in [0.29, 0.717) is 16.2 Å². The van der Waals surface area contributed by atoms with Gasteiger partial charge in [0.2, 0.25) is 5.91 Å². The van der Waals surface area contributed by atoms with Crippen LogP contribution in [0, 0.1) is 27.6 Å². The molecule has 0 aliphatic heterocycles. The largest absolute Gasteiger partial charge is 0.359 e. The number of hydrogen-bond acceptors (Lipinski definition) is 1. The first kappa shape index (κ1) is 26.5. The molecule has 1 unspecified atom stereocenters. The second-order valence-corrected chi connectivity index (χ2v) is 12.9. The zero-order valence-corrected chi connectivity index (χ0v) is 20.6. The lowest BCUT2D eigenvalue weighted by Crippen LogP contribution is -2.32. The summed E-state index contributed by atoms with van der Waals surface area (Å²) in [4.78, 5) is 12.5. The fourth-order valence-electron chi connectivity index (χ4n) is 3.68. The molecule has 2 heteroatoms. The summed E-state index contributed by atoms with van der Waals surface area (Å²) in [7, 11) is 1.78. The van der Waals surface area contributed by atoms with E-state index in [9.17, 15) is 4.79 Å². The standard InChI is InChI=1S/C25H51NO/c1-22(2,3)15-17-24(7,8)14-12-13-20(21(27)26-11)19-25(9,10)18-16-23(4,5)6/h20H,12-19H2,1-11H3,(H,26,27). The maximum absolute atomic E-state index is 12.5. The van der Waals surface area contributed by atoms with Gasteiger partial charge in [0, 0.05) is 13.0 Å². The molecule has 0 aliphatic carbocycles. The Hall–Kier alpha value is -0.530. The summed E-state index contributed by atoms with van der Waals surface area (Å²) < 4.78 is 0. The third kappa shape index (κ3) is 14.2. The van der Waals surface area contributed by atoms with E-state index in [1.807, 2.05) is 0 Å². The van der Waals surface area contributed by atoms with Crippen LogP contribution in [0.4, 0.5) is 0 Å². The molecular weight excluding hydrogens is 330 g/mol. The molecule has 0 saturated heterocycles. The molecule has 0 spiro atoms. The van der Waals surface area contributed by atoms with Gasteiger partial charge in [-0.2, -0.15) is 0 Å². The number of amides is 1. The first-order valence-corrected chi connectivity index (χ1v) is 11.2. The second-order valence-electron chi connectivity index (χ2n) is 12.9. The summed E-state index contributed by atoms with van der Waals surface area (Å²) in [5.74, 6) is 0.370. The lowest BCUT2D eigenvalue weighted by Gasteiger charge is -2.33. The van der Waals surface area contributed by atoms with Crippen molar-refractivity contribution in [2.45, 2.75) is 121 Å². The molecule has 1 atom stereocenters. The van der Waals surface area contributed by atoms with Crippen molar-refractivity contribution in [3.63, 3.8) is 0 Å². The molecule has 1 amide bonds. The highest BCUT2D eigenvalue weighted by Crippen LogP contribution is 2.38. The van der Waals surface area contributed by atoms with Gasteiger partial charge in [0.05, 0.1) is 0 Å². The Balaban J connectivity index is 4.69. The third-order valence-corrected chi connectivity index (χ3v) is 5.93. The Morgan fingerprint density at radius 1 is 0.704 bits per heavy atom. The van der Waals surface area contributed by atoms with Crippen molar-refractivity contribution in [2.75, 3.05) is 7.05 Å². The van der Waals surface area contributed by atoms with Gasteiger partial charge in [-0.1, -0.05) is 75.7 Å². The maximum Gasteiger partial charge on any atom is 0.222 e. The number of rotatable bonds is 11. The predicted octanol–water partition coefficient (Wildman–Crippen LogP) is 7.61. The zero-order valence-electron chi connectivity index (χ0n) is 20.6. The zero-order chi connectivity index (χ0) is 21.5. The van der Waals surface area contributed by atoms with Crippen LogP contribution in [0.5, 0.6) is 0 Å². The summed E-state index contributed by atoms with van der Waals surface area (Å²) >= 11 is 0. The molecule has 0 aliphatic rings. The average molecular weight is 382 g/mol. The third-order valence-electron chi connectivity index (χ3n) is 5.93. The number of carbonyl (C=O) groups excluding carboxylic acids is 1. The molecule has 0 bridgehead atoms. The predicted molar refractivity (Wildman–Crippen MR) is 121 cm³/mol. The molecule has 2 nitrogen and oxygen atoms in total. The molecule has 0 saturated carbocycles. The molecule has 0 radical (unpaired) electrons. The van der Waals surface area contributed by atoms with Crippen molar-refractivity contribution in [3.8, 4) is 0 Å². The summed E-state index contributed by atoms with van der Waals surface area (Å²) in [5, 5.41) is 2.91. The van der Waals surface area contributed by atoms with Crippen LogP contribution in [-0.4, -0.2) is 13.0 Å². The van der Waals surface area contributed by atoms with Crippen molar-refractivity contribution in [1.82, 2.24) is 5.32 Å². The van der Waals surface area contributed by atoms with E-state index < -0.39 is 0 Å². The second kappa shape index (κ2) is 10.3. The van der Waals surface area contributed by atoms with Crippen molar-refractivity contribution in [3.05, 3.63) is 0 Å². The molecule has 162 valence electrons. The topological polar surface area (TPSA) is 29.1 Å². The van der Waals surface area contributed by atoms with Crippen LogP contribution >= 0.6 is 0 Å². The van der Waals surface area contributed by atoms with E-state index in [1.54, 1.807) is 7.05 Å². The summed E-state index contributed by atoms with van der Waals surface area (Å²) in [6.07, 6.45) is 9.27. The molecule has 0 fully saturated rings. The summed E-state index contributed by atoms with van der Waals surface area (Å²) in [5.41, 5.74) is 1.34. The number of nitrogens with one attached hydrogen (secondary N) is 1. The lowest BCUT2D eigenvalue weighted by atomic mass is 9.73.